The molecular weight excluding hydrogens is 304 g/mol. The summed E-state index contributed by atoms with van der Waals surface area (Å²) in [6.45, 7) is 4.06. The van der Waals surface area contributed by atoms with E-state index in [1.165, 1.54) is 0 Å². The largest absolute Gasteiger partial charge is 0.324 e. The lowest BCUT2D eigenvalue weighted by Gasteiger charge is -2.12. The van der Waals surface area contributed by atoms with Crippen LogP contribution in [0, 0.1) is 0 Å². The molecule has 0 fully saturated rings. The summed E-state index contributed by atoms with van der Waals surface area (Å²) in [5, 5.41) is 5.90. The first-order valence-electron chi connectivity index (χ1n) is 7.62. The average molecular weight is 322 g/mol. The van der Waals surface area contributed by atoms with Crippen LogP contribution in [0.4, 0.5) is 17.6 Å². The Morgan fingerprint density at radius 1 is 1.08 bits per heavy atom. The van der Waals surface area contributed by atoms with Gasteiger partial charge in [0.05, 0.1) is 0 Å². The SMILES string of the molecule is CC(C)n1ccnc1NC(=O)c1cccc(Nc2ncccn2)c1. The van der Waals surface area contributed by atoms with Crippen LogP contribution in [0.1, 0.15) is 30.2 Å². The van der Waals surface area contributed by atoms with Gasteiger partial charge < -0.3 is 9.88 Å². The quantitative estimate of drug-likeness (QED) is 0.753. The molecule has 0 saturated carbocycles. The number of anilines is 3. The minimum absolute atomic E-state index is 0.214. The third-order valence-corrected chi connectivity index (χ3v) is 3.40. The summed E-state index contributed by atoms with van der Waals surface area (Å²) >= 11 is 0. The van der Waals surface area contributed by atoms with E-state index < -0.39 is 0 Å². The fraction of sp³-hybridized carbons (Fsp3) is 0.176. The first-order valence-corrected chi connectivity index (χ1v) is 7.62. The normalized spacial score (nSPS) is 10.6. The van der Waals surface area contributed by atoms with Gasteiger partial charge in [-0.25, -0.2) is 15.0 Å². The summed E-state index contributed by atoms with van der Waals surface area (Å²) in [6.07, 6.45) is 6.81. The number of nitrogens with one attached hydrogen (secondary N) is 2. The van der Waals surface area contributed by atoms with E-state index in [1.807, 2.05) is 30.7 Å². The Bertz CT molecular complexity index is 828. The molecule has 0 aliphatic carbocycles. The van der Waals surface area contributed by atoms with Crippen molar-refractivity contribution in [1.82, 2.24) is 19.5 Å². The number of rotatable bonds is 5. The minimum Gasteiger partial charge on any atom is -0.324 e. The molecule has 0 spiro atoms. The number of carbonyl (C=O) groups is 1. The molecule has 7 heteroatoms. The molecule has 0 unspecified atom stereocenters. The van der Waals surface area contributed by atoms with Crippen molar-refractivity contribution >= 4 is 23.5 Å². The predicted molar refractivity (Wildman–Crippen MR) is 92.3 cm³/mol. The van der Waals surface area contributed by atoms with Crippen LogP contribution in [0.3, 0.4) is 0 Å². The van der Waals surface area contributed by atoms with Gasteiger partial charge >= 0.3 is 0 Å². The summed E-state index contributed by atoms with van der Waals surface area (Å²) in [5.41, 5.74) is 1.26. The van der Waals surface area contributed by atoms with Gasteiger partial charge in [0, 0.05) is 42.1 Å². The number of benzene rings is 1. The van der Waals surface area contributed by atoms with Crippen molar-refractivity contribution in [2.75, 3.05) is 10.6 Å². The smallest absolute Gasteiger partial charge is 0.258 e. The highest BCUT2D eigenvalue weighted by molar-refractivity contribution is 6.04. The van der Waals surface area contributed by atoms with Crippen LogP contribution in [0.15, 0.2) is 55.1 Å². The first kappa shape index (κ1) is 15.7. The second kappa shape index (κ2) is 6.91. The zero-order chi connectivity index (χ0) is 16.9. The molecule has 1 aromatic carbocycles. The van der Waals surface area contributed by atoms with Crippen molar-refractivity contribution in [2.45, 2.75) is 19.9 Å². The summed E-state index contributed by atoms with van der Waals surface area (Å²) in [6, 6.07) is 9.10. The summed E-state index contributed by atoms with van der Waals surface area (Å²) in [4.78, 5) is 24.9. The maximum Gasteiger partial charge on any atom is 0.258 e. The first-order chi connectivity index (χ1) is 11.6. The maximum absolute atomic E-state index is 12.5. The van der Waals surface area contributed by atoms with Gasteiger partial charge in [-0.15, -0.1) is 0 Å². The summed E-state index contributed by atoms with van der Waals surface area (Å²) < 4.78 is 1.90. The molecule has 0 radical (unpaired) electrons. The molecule has 7 nitrogen and oxygen atoms in total. The molecule has 3 rings (SSSR count). The highest BCUT2D eigenvalue weighted by atomic mass is 16.1. The number of carbonyl (C=O) groups excluding carboxylic acids is 1. The molecule has 3 aromatic rings. The average Bonchev–Trinajstić information content (AvgIpc) is 3.04. The van der Waals surface area contributed by atoms with Crippen LogP contribution in [0.5, 0.6) is 0 Å². The number of amides is 1. The molecule has 1 amide bonds. The number of imidazole rings is 1. The molecule has 0 aliphatic heterocycles. The van der Waals surface area contributed by atoms with E-state index >= 15 is 0 Å². The third-order valence-electron chi connectivity index (χ3n) is 3.40. The van der Waals surface area contributed by atoms with Crippen LogP contribution in [0.25, 0.3) is 0 Å². The molecule has 2 N–H and O–H groups in total. The molecule has 2 heterocycles. The molecule has 0 atom stereocenters. The number of nitrogens with zero attached hydrogens (tertiary/aromatic N) is 4. The van der Waals surface area contributed by atoms with Crippen molar-refractivity contribution in [2.24, 2.45) is 0 Å². The Labute approximate surface area is 139 Å². The number of aromatic nitrogens is 4. The Morgan fingerprint density at radius 3 is 2.62 bits per heavy atom. The Morgan fingerprint density at radius 2 is 1.88 bits per heavy atom. The summed E-state index contributed by atoms with van der Waals surface area (Å²) in [5.74, 6) is 0.783. The van der Waals surface area contributed by atoms with Gasteiger partial charge in [-0.3, -0.25) is 10.1 Å². The molecule has 24 heavy (non-hydrogen) atoms. The number of hydrogen-bond donors (Lipinski definition) is 2. The van der Waals surface area contributed by atoms with Crippen LogP contribution < -0.4 is 10.6 Å². The monoisotopic (exact) mass is 322 g/mol. The Kier molecular flexibility index (Phi) is 4.51. The van der Waals surface area contributed by atoms with Crippen LogP contribution in [-0.4, -0.2) is 25.4 Å². The van der Waals surface area contributed by atoms with Crippen molar-refractivity contribution < 1.29 is 4.79 Å². The Hall–Kier alpha value is -3.22. The minimum atomic E-state index is -0.222. The van der Waals surface area contributed by atoms with Crippen LogP contribution in [0.2, 0.25) is 0 Å². The molecule has 2 aromatic heterocycles. The van der Waals surface area contributed by atoms with Gasteiger partial charge in [0.2, 0.25) is 11.9 Å². The zero-order valence-electron chi connectivity index (χ0n) is 13.5. The fourth-order valence-electron chi connectivity index (χ4n) is 2.23. The van der Waals surface area contributed by atoms with Crippen LogP contribution >= 0.6 is 0 Å². The third kappa shape index (κ3) is 3.57. The van der Waals surface area contributed by atoms with Gasteiger partial charge in [-0.1, -0.05) is 6.07 Å². The second-order valence-corrected chi connectivity index (χ2v) is 5.48. The standard InChI is InChI=1S/C17H18N6O/c1-12(2)23-10-9-20-17(23)22-15(24)13-5-3-6-14(11-13)21-16-18-7-4-8-19-16/h3-12H,1-2H3,(H,18,19,21)(H,20,22,24). The van der Waals surface area contributed by atoms with Gasteiger partial charge in [0.15, 0.2) is 0 Å². The van der Waals surface area contributed by atoms with Gasteiger partial charge in [0.1, 0.15) is 0 Å². The van der Waals surface area contributed by atoms with E-state index in [2.05, 4.69) is 25.6 Å². The van der Waals surface area contributed by atoms with E-state index in [1.54, 1.807) is 42.9 Å². The molecule has 122 valence electrons. The van der Waals surface area contributed by atoms with E-state index in [9.17, 15) is 4.79 Å². The van der Waals surface area contributed by atoms with E-state index in [4.69, 9.17) is 0 Å². The molecular formula is C17H18N6O. The highest BCUT2D eigenvalue weighted by Crippen LogP contribution is 2.17. The number of hydrogen-bond acceptors (Lipinski definition) is 5. The van der Waals surface area contributed by atoms with Crippen molar-refractivity contribution in [3.8, 4) is 0 Å². The van der Waals surface area contributed by atoms with Gasteiger partial charge in [0.25, 0.3) is 5.91 Å². The van der Waals surface area contributed by atoms with Crippen molar-refractivity contribution in [3.63, 3.8) is 0 Å². The lowest BCUT2D eigenvalue weighted by atomic mass is 10.2. The van der Waals surface area contributed by atoms with E-state index in [-0.39, 0.29) is 11.9 Å². The lowest BCUT2D eigenvalue weighted by molar-refractivity contribution is 0.102. The fourth-order valence-corrected chi connectivity index (χ4v) is 2.23. The Balaban J connectivity index is 1.76. The van der Waals surface area contributed by atoms with Gasteiger partial charge in [-0.05, 0) is 38.1 Å². The highest BCUT2D eigenvalue weighted by Gasteiger charge is 2.12. The second-order valence-electron chi connectivity index (χ2n) is 5.48. The van der Waals surface area contributed by atoms with Gasteiger partial charge in [-0.2, -0.15) is 0 Å². The lowest BCUT2D eigenvalue weighted by Crippen LogP contribution is -2.16. The summed E-state index contributed by atoms with van der Waals surface area (Å²) in [7, 11) is 0. The molecule has 0 bridgehead atoms. The maximum atomic E-state index is 12.5. The van der Waals surface area contributed by atoms with Crippen molar-refractivity contribution in [1.29, 1.82) is 0 Å². The van der Waals surface area contributed by atoms with E-state index in [0.29, 0.717) is 17.5 Å². The molecule has 0 saturated heterocycles. The van der Waals surface area contributed by atoms with Crippen molar-refractivity contribution in [3.05, 3.63) is 60.7 Å². The topological polar surface area (TPSA) is 84.7 Å². The predicted octanol–water partition coefficient (Wildman–Crippen LogP) is 3.25. The van der Waals surface area contributed by atoms with E-state index in [0.717, 1.165) is 5.69 Å². The van der Waals surface area contributed by atoms with Crippen LogP contribution in [-0.2, 0) is 0 Å². The molecule has 0 aliphatic rings. The zero-order valence-corrected chi connectivity index (χ0v) is 13.5.